The van der Waals surface area contributed by atoms with Crippen LogP contribution in [0.2, 0.25) is 0 Å². The number of para-hydroxylation sites is 2. The molecule has 9 aromatic carbocycles. The summed E-state index contributed by atoms with van der Waals surface area (Å²) in [5, 5.41) is 7.28. The minimum atomic E-state index is -0.126. The first-order valence-corrected chi connectivity index (χ1v) is 22.9. The van der Waals surface area contributed by atoms with Crippen molar-refractivity contribution < 1.29 is 0 Å². The number of nitrogens with zero attached hydrogens (tertiary/aromatic N) is 2. The molecule has 1 aromatic heterocycles. The standard InChI is InChI=1S/C62H47N3/c1-61(2)52-22-12-10-19-44(52)46-32-28-40(34-54(46)61)50-37-57(41-29-33-47-45-20-11-13-23-53(45)62(3,4)55(47)35-41)63-59-48-21-9-8-18-43(48)49(36-51(50)59)38-26-30-42(31-27-38)65-58-25-15-14-24-56(58)64-60(65)39-16-6-5-7-17-39/h5-37,60,64H,1-4H3. The molecule has 0 radical (unpaired) electrons. The van der Waals surface area contributed by atoms with Gasteiger partial charge in [0.05, 0.1) is 22.6 Å². The van der Waals surface area contributed by atoms with Crippen LogP contribution in [0.5, 0.6) is 0 Å². The predicted molar refractivity (Wildman–Crippen MR) is 272 cm³/mol. The lowest BCUT2D eigenvalue weighted by Crippen LogP contribution is -2.23. The fraction of sp³-hybridized carbons (Fsp3) is 0.113. The molecule has 1 unspecified atom stereocenters. The number of aromatic nitrogens is 1. The molecule has 1 aliphatic heterocycles. The van der Waals surface area contributed by atoms with Crippen LogP contribution in [0.4, 0.5) is 17.1 Å². The van der Waals surface area contributed by atoms with E-state index in [1.165, 1.54) is 83.4 Å². The second kappa shape index (κ2) is 13.9. The lowest BCUT2D eigenvalue weighted by atomic mass is 9.81. The molecule has 3 heteroatoms. The van der Waals surface area contributed by atoms with Gasteiger partial charge in [0.25, 0.3) is 0 Å². The van der Waals surface area contributed by atoms with Gasteiger partial charge in [-0.2, -0.15) is 0 Å². The fourth-order valence-corrected chi connectivity index (χ4v) is 11.5. The highest BCUT2D eigenvalue weighted by Gasteiger charge is 2.37. The maximum absolute atomic E-state index is 5.66. The first-order valence-electron chi connectivity index (χ1n) is 22.9. The number of fused-ring (bicyclic) bond motifs is 10. The van der Waals surface area contributed by atoms with E-state index in [2.05, 4.69) is 238 Å². The molecule has 0 amide bonds. The van der Waals surface area contributed by atoms with Crippen LogP contribution >= 0.6 is 0 Å². The Balaban J connectivity index is 1.00. The lowest BCUT2D eigenvalue weighted by molar-refractivity contribution is 0.660. The van der Waals surface area contributed by atoms with Crippen molar-refractivity contribution in [3.63, 3.8) is 0 Å². The van der Waals surface area contributed by atoms with Gasteiger partial charge in [-0.05, 0) is 126 Å². The van der Waals surface area contributed by atoms with E-state index < -0.39 is 0 Å². The van der Waals surface area contributed by atoms with E-state index in [0.29, 0.717) is 0 Å². The second-order valence-corrected chi connectivity index (χ2v) is 19.2. The van der Waals surface area contributed by atoms with Crippen molar-refractivity contribution in [3.05, 3.63) is 228 Å². The summed E-state index contributed by atoms with van der Waals surface area (Å²) in [6, 6.07) is 74.1. The molecule has 1 N–H and O–H groups in total. The van der Waals surface area contributed by atoms with Crippen LogP contribution < -0.4 is 10.2 Å². The summed E-state index contributed by atoms with van der Waals surface area (Å²) in [7, 11) is 0. The zero-order chi connectivity index (χ0) is 43.6. The molecular formula is C62H47N3. The summed E-state index contributed by atoms with van der Waals surface area (Å²) >= 11 is 0. The quantitative estimate of drug-likeness (QED) is 0.175. The minimum Gasteiger partial charge on any atom is -0.359 e. The number of rotatable bonds is 5. The molecule has 0 spiro atoms. The van der Waals surface area contributed by atoms with Gasteiger partial charge in [0, 0.05) is 32.9 Å². The van der Waals surface area contributed by atoms with Crippen LogP contribution in [0.3, 0.4) is 0 Å². The molecule has 2 heterocycles. The molecule has 0 fully saturated rings. The molecule has 0 saturated carbocycles. The van der Waals surface area contributed by atoms with Gasteiger partial charge in [-0.15, -0.1) is 0 Å². The van der Waals surface area contributed by atoms with Gasteiger partial charge >= 0.3 is 0 Å². The number of pyridine rings is 1. The number of hydrogen-bond acceptors (Lipinski definition) is 3. The summed E-state index contributed by atoms with van der Waals surface area (Å²) in [6.07, 6.45) is -0.0130. The van der Waals surface area contributed by atoms with E-state index in [1.54, 1.807) is 0 Å². The molecule has 3 aliphatic rings. The van der Waals surface area contributed by atoms with Crippen LogP contribution in [0.1, 0.15) is 61.7 Å². The largest absolute Gasteiger partial charge is 0.359 e. The first kappa shape index (κ1) is 37.8. The van der Waals surface area contributed by atoms with Gasteiger partial charge in [0.15, 0.2) is 0 Å². The van der Waals surface area contributed by atoms with Crippen molar-refractivity contribution in [1.82, 2.24) is 4.98 Å². The zero-order valence-corrected chi connectivity index (χ0v) is 37.0. The number of hydrogen-bond donors (Lipinski definition) is 1. The van der Waals surface area contributed by atoms with E-state index in [0.717, 1.165) is 38.9 Å². The molecular weight excluding hydrogens is 787 g/mol. The highest BCUT2D eigenvalue weighted by Crippen LogP contribution is 2.53. The van der Waals surface area contributed by atoms with Gasteiger partial charge in [0.1, 0.15) is 6.17 Å². The number of nitrogens with one attached hydrogen (secondary N) is 1. The Labute approximate surface area is 380 Å². The summed E-state index contributed by atoms with van der Waals surface area (Å²) in [5.41, 5.74) is 23.1. The number of anilines is 3. The topological polar surface area (TPSA) is 28.2 Å². The van der Waals surface area contributed by atoms with Crippen LogP contribution in [0, 0.1) is 0 Å². The van der Waals surface area contributed by atoms with Crippen LogP contribution in [0.25, 0.3) is 77.4 Å². The average molecular weight is 834 g/mol. The summed E-state index contributed by atoms with van der Waals surface area (Å²) in [6.45, 7) is 9.45. The Bertz CT molecular complexity index is 3580. The molecule has 1 atom stereocenters. The molecule has 310 valence electrons. The third-order valence-corrected chi connectivity index (χ3v) is 14.9. The third-order valence-electron chi connectivity index (χ3n) is 14.9. The van der Waals surface area contributed by atoms with Gasteiger partial charge in [-0.3, -0.25) is 0 Å². The van der Waals surface area contributed by atoms with E-state index in [1.807, 2.05) is 0 Å². The maximum atomic E-state index is 5.66. The third kappa shape index (κ3) is 5.58. The van der Waals surface area contributed by atoms with Gasteiger partial charge in [0.2, 0.25) is 0 Å². The Morgan fingerprint density at radius 3 is 1.66 bits per heavy atom. The Hall–Kier alpha value is -7.75. The normalized spacial score (nSPS) is 15.9. The van der Waals surface area contributed by atoms with Gasteiger partial charge in [-0.25, -0.2) is 4.98 Å². The van der Waals surface area contributed by atoms with E-state index >= 15 is 0 Å². The second-order valence-electron chi connectivity index (χ2n) is 19.2. The van der Waals surface area contributed by atoms with Gasteiger partial charge in [-0.1, -0.05) is 179 Å². The SMILES string of the molecule is CC1(C)c2ccccc2-c2ccc(-c3cc(-c4ccc5c(c4)C(C)(C)c4ccccc4-5)c4cc(-c5ccc(N6c7ccccc7NC6c6ccccc6)cc5)c5ccccc5c4n3)cc21. The van der Waals surface area contributed by atoms with E-state index in [-0.39, 0.29) is 17.0 Å². The van der Waals surface area contributed by atoms with Crippen molar-refractivity contribution in [2.75, 3.05) is 10.2 Å². The predicted octanol–water partition coefficient (Wildman–Crippen LogP) is 16.3. The molecule has 3 nitrogen and oxygen atoms in total. The summed E-state index contributed by atoms with van der Waals surface area (Å²) in [4.78, 5) is 8.08. The Kier molecular flexibility index (Phi) is 8.06. The van der Waals surface area contributed by atoms with Crippen LogP contribution in [0.15, 0.2) is 200 Å². The fourth-order valence-electron chi connectivity index (χ4n) is 11.5. The lowest BCUT2D eigenvalue weighted by Gasteiger charge is -2.27. The van der Waals surface area contributed by atoms with Crippen molar-refractivity contribution >= 4 is 38.7 Å². The van der Waals surface area contributed by atoms with Crippen molar-refractivity contribution in [1.29, 1.82) is 0 Å². The molecule has 13 rings (SSSR count). The minimum absolute atomic E-state index is 0.0130. The molecule has 65 heavy (non-hydrogen) atoms. The molecule has 0 saturated heterocycles. The van der Waals surface area contributed by atoms with Crippen molar-refractivity contribution in [2.24, 2.45) is 0 Å². The van der Waals surface area contributed by atoms with Crippen LogP contribution in [-0.4, -0.2) is 4.98 Å². The van der Waals surface area contributed by atoms with Crippen LogP contribution in [-0.2, 0) is 10.8 Å². The highest BCUT2D eigenvalue weighted by atomic mass is 15.3. The smallest absolute Gasteiger partial charge is 0.130 e. The average Bonchev–Trinajstić information content (AvgIpc) is 3.93. The molecule has 0 bridgehead atoms. The Morgan fingerprint density at radius 1 is 0.415 bits per heavy atom. The molecule has 2 aliphatic carbocycles. The van der Waals surface area contributed by atoms with E-state index in [4.69, 9.17) is 4.98 Å². The van der Waals surface area contributed by atoms with Crippen molar-refractivity contribution in [3.8, 4) is 55.8 Å². The maximum Gasteiger partial charge on any atom is 0.130 e. The highest BCUT2D eigenvalue weighted by molar-refractivity contribution is 6.16. The number of benzene rings is 9. The molecule has 10 aromatic rings. The first-order chi connectivity index (χ1) is 31.7. The van der Waals surface area contributed by atoms with E-state index in [9.17, 15) is 0 Å². The summed E-state index contributed by atoms with van der Waals surface area (Å²) in [5.74, 6) is 0. The monoisotopic (exact) mass is 833 g/mol. The van der Waals surface area contributed by atoms with Gasteiger partial charge < -0.3 is 10.2 Å². The Morgan fingerprint density at radius 2 is 0.954 bits per heavy atom. The summed E-state index contributed by atoms with van der Waals surface area (Å²) < 4.78 is 0. The van der Waals surface area contributed by atoms with Crippen molar-refractivity contribution in [2.45, 2.75) is 44.7 Å². The zero-order valence-electron chi connectivity index (χ0n) is 37.0.